The first-order chi connectivity index (χ1) is 5.11. The summed E-state index contributed by atoms with van der Waals surface area (Å²) in [6, 6.07) is 1.76. The summed E-state index contributed by atoms with van der Waals surface area (Å²) in [5, 5.41) is 9.69. The Bertz CT molecular complexity index is 271. The number of thiol groups is 1. The van der Waals surface area contributed by atoms with E-state index in [1.807, 2.05) is 5.38 Å². The second-order valence-corrected chi connectivity index (χ2v) is 4.28. The molecule has 0 spiro atoms. The third kappa shape index (κ3) is 2.21. The first-order valence-corrected chi connectivity index (χ1v) is 4.95. The molecule has 1 N–H and O–H groups in total. The molecular weight excluding hydrogens is 248 g/mol. The number of rotatable bonds is 2. The summed E-state index contributed by atoms with van der Waals surface area (Å²) in [6.45, 7) is 0. The summed E-state index contributed by atoms with van der Waals surface area (Å²) < 4.78 is 0.901. The van der Waals surface area contributed by atoms with E-state index in [0.717, 1.165) is 9.35 Å². The largest absolute Gasteiger partial charge is 0.480 e. The van der Waals surface area contributed by atoms with Crippen LogP contribution in [-0.2, 0) is 4.79 Å². The maximum atomic E-state index is 10.4. The number of hydrogen-bond acceptors (Lipinski definition) is 3. The van der Waals surface area contributed by atoms with Crippen molar-refractivity contribution < 1.29 is 9.90 Å². The number of aliphatic carboxylic acids is 1. The highest BCUT2D eigenvalue weighted by Crippen LogP contribution is 2.29. The molecule has 1 heterocycles. The summed E-state index contributed by atoms with van der Waals surface area (Å²) >= 11 is 8.53. The number of halogens is 1. The van der Waals surface area contributed by atoms with Gasteiger partial charge in [0.25, 0.3) is 0 Å². The lowest BCUT2D eigenvalue weighted by molar-refractivity contribution is -0.136. The van der Waals surface area contributed by atoms with E-state index in [2.05, 4.69) is 28.6 Å². The van der Waals surface area contributed by atoms with Gasteiger partial charge in [-0.25, -0.2) is 0 Å². The van der Waals surface area contributed by atoms with Gasteiger partial charge in [0, 0.05) is 14.7 Å². The minimum Gasteiger partial charge on any atom is -0.480 e. The van der Waals surface area contributed by atoms with Gasteiger partial charge in [0.2, 0.25) is 0 Å². The molecular formula is C6H5BrO2S2. The minimum atomic E-state index is -0.914. The molecule has 5 heteroatoms. The zero-order valence-corrected chi connectivity index (χ0v) is 8.62. The molecule has 0 aromatic carbocycles. The Morgan fingerprint density at radius 3 is 2.82 bits per heavy atom. The van der Waals surface area contributed by atoms with E-state index >= 15 is 0 Å². The highest BCUT2D eigenvalue weighted by molar-refractivity contribution is 9.10. The number of carboxylic acid groups (broad SMARTS) is 1. The summed E-state index contributed by atoms with van der Waals surface area (Å²) in [5.74, 6) is -0.914. The van der Waals surface area contributed by atoms with Gasteiger partial charge in [-0.15, -0.1) is 11.3 Å². The van der Waals surface area contributed by atoms with Gasteiger partial charge in [0.1, 0.15) is 5.25 Å². The minimum absolute atomic E-state index is 0.703. The van der Waals surface area contributed by atoms with Crippen molar-refractivity contribution in [2.45, 2.75) is 5.25 Å². The normalized spacial score (nSPS) is 12.9. The van der Waals surface area contributed by atoms with Crippen LogP contribution in [0.2, 0.25) is 0 Å². The first kappa shape index (κ1) is 9.09. The molecule has 1 aromatic heterocycles. The molecule has 0 aliphatic heterocycles. The van der Waals surface area contributed by atoms with Crippen molar-refractivity contribution in [2.75, 3.05) is 0 Å². The van der Waals surface area contributed by atoms with Crippen LogP contribution in [0.25, 0.3) is 0 Å². The van der Waals surface area contributed by atoms with Crippen molar-refractivity contribution in [3.63, 3.8) is 0 Å². The Balaban J connectivity index is 2.84. The smallest absolute Gasteiger partial charge is 0.321 e. The van der Waals surface area contributed by atoms with Gasteiger partial charge >= 0.3 is 5.97 Å². The summed E-state index contributed by atoms with van der Waals surface area (Å²) in [4.78, 5) is 11.2. The van der Waals surface area contributed by atoms with Gasteiger partial charge in [-0.1, -0.05) is 0 Å². The Morgan fingerprint density at radius 2 is 2.45 bits per heavy atom. The molecule has 11 heavy (non-hydrogen) atoms. The van der Waals surface area contributed by atoms with Crippen LogP contribution < -0.4 is 0 Å². The summed E-state index contributed by atoms with van der Waals surface area (Å²) in [5.41, 5.74) is 0. The fourth-order valence-corrected chi connectivity index (χ4v) is 2.27. The highest BCUT2D eigenvalue weighted by atomic mass is 79.9. The average molecular weight is 253 g/mol. The number of hydrogen-bond donors (Lipinski definition) is 2. The quantitative estimate of drug-likeness (QED) is 0.795. The standard InChI is InChI=1S/C6H5BrO2S2/c7-3-1-4(11-2-3)5(10)6(8)9/h1-2,5,10H,(H,8,9). The third-order valence-corrected chi connectivity index (χ3v) is 3.52. The van der Waals surface area contributed by atoms with E-state index in [-0.39, 0.29) is 0 Å². The molecule has 0 fully saturated rings. The van der Waals surface area contributed by atoms with Crippen molar-refractivity contribution in [3.05, 3.63) is 20.8 Å². The predicted octanol–water partition coefficient (Wildman–Crippen LogP) is 2.57. The molecule has 0 amide bonds. The van der Waals surface area contributed by atoms with Crippen LogP contribution in [0.1, 0.15) is 10.1 Å². The van der Waals surface area contributed by atoms with Gasteiger partial charge in [-0.3, -0.25) is 4.79 Å². The molecule has 0 radical (unpaired) electrons. The first-order valence-electron chi connectivity index (χ1n) is 2.76. The Hall–Kier alpha value is -0.0000000000000000833. The lowest BCUT2D eigenvalue weighted by atomic mass is 10.3. The Morgan fingerprint density at radius 1 is 1.82 bits per heavy atom. The van der Waals surface area contributed by atoms with Gasteiger partial charge in [-0.05, 0) is 22.0 Å². The Labute approximate surface area is 81.8 Å². The van der Waals surface area contributed by atoms with E-state index in [4.69, 9.17) is 5.11 Å². The van der Waals surface area contributed by atoms with Crippen molar-refractivity contribution in [1.29, 1.82) is 0 Å². The van der Waals surface area contributed by atoms with Crippen LogP contribution in [0.15, 0.2) is 15.9 Å². The summed E-state index contributed by atoms with van der Waals surface area (Å²) in [7, 11) is 0. The van der Waals surface area contributed by atoms with Crippen LogP contribution in [-0.4, -0.2) is 11.1 Å². The van der Waals surface area contributed by atoms with Crippen molar-refractivity contribution in [3.8, 4) is 0 Å². The molecule has 0 saturated heterocycles. The SMILES string of the molecule is O=C(O)C(S)c1cc(Br)cs1. The molecule has 1 unspecified atom stereocenters. The van der Waals surface area contributed by atoms with Crippen molar-refractivity contribution in [1.82, 2.24) is 0 Å². The second-order valence-electron chi connectivity index (χ2n) is 1.91. The van der Waals surface area contributed by atoms with Crippen LogP contribution in [0.5, 0.6) is 0 Å². The number of carboxylic acids is 1. The lowest BCUT2D eigenvalue weighted by Crippen LogP contribution is -2.02. The molecule has 0 bridgehead atoms. The third-order valence-electron chi connectivity index (χ3n) is 1.09. The number of carbonyl (C=O) groups is 1. The average Bonchev–Trinajstić information content (AvgIpc) is 2.34. The number of thiophene rings is 1. The molecule has 0 saturated carbocycles. The second kappa shape index (κ2) is 3.60. The van der Waals surface area contributed by atoms with E-state index < -0.39 is 11.2 Å². The van der Waals surface area contributed by atoms with E-state index in [0.29, 0.717) is 0 Å². The Kier molecular flexibility index (Phi) is 2.98. The van der Waals surface area contributed by atoms with Gasteiger partial charge in [0.15, 0.2) is 0 Å². The monoisotopic (exact) mass is 252 g/mol. The maximum absolute atomic E-state index is 10.4. The zero-order chi connectivity index (χ0) is 8.43. The zero-order valence-electron chi connectivity index (χ0n) is 5.32. The fourth-order valence-electron chi connectivity index (χ4n) is 0.593. The highest BCUT2D eigenvalue weighted by Gasteiger charge is 2.15. The van der Waals surface area contributed by atoms with E-state index in [1.165, 1.54) is 11.3 Å². The van der Waals surface area contributed by atoms with Gasteiger partial charge < -0.3 is 5.11 Å². The maximum Gasteiger partial charge on any atom is 0.321 e. The van der Waals surface area contributed by atoms with Crippen molar-refractivity contribution in [2.24, 2.45) is 0 Å². The predicted molar refractivity (Wildman–Crippen MR) is 51.4 cm³/mol. The van der Waals surface area contributed by atoms with E-state index in [1.54, 1.807) is 6.07 Å². The molecule has 1 aromatic rings. The van der Waals surface area contributed by atoms with Crippen LogP contribution >= 0.6 is 39.9 Å². The van der Waals surface area contributed by atoms with Crippen LogP contribution in [0, 0.1) is 0 Å². The molecule has 0 aliphatic rings. The van der Waals surface area contributed by atoms with Crippen molar-refractivity contribution >= 4 is 45.9 Å². The van der Waals surface area contributed by atoms with E-state index in [9.17, 15) is 4.79 Å². The molecule has 1 atom stereocenters. The van der Waals surface area contributed by atoms with Crippen LogP contribution in [0.4, 0.5) is 0 Å². The van der Waals surface area contributed by atoms with Crippen LogP contribution in [0.3, 0.4) is 0 Å². The molecule has 0 aliphatic carbocycles. The molecule has 1 rings (SSSR count). The topological polar surface area (TPSA) is 37.3 Å². The lowest BCUT2D eigenvalue weighted by Gasteiger charge is -1.99. The van der Waals surface area contributed by atoms with Gasteiger partial charge in [0.05, 0.1) is 0 Å². The molecule has 60 valence electrons. The summed E-state index contributed by atoms with van der Waals surface area (Å²) in [6.07, 6.45) is 0. The fraction of sp³-hybridized carbons (Fsp3) is 0.167. The van der Waals surface area contributed by atoms with Gasteiger partial charge in [-0.2, -0.15) is 12.6 Å². The molecule has 2 nitrogen and oxygen atoms in total.